The van der Waals surface area contributed by atoms with Gasteiger partial charge in [-0.15, -0.1) is 0 Å². The summed E-state index contributed by atoms with van der Waals surface area (Å²) in [5, 5.41) is 9.76. The van der Waals surface area contributed by atoms with Crippen LogP contribution in [-0.2, 0) is 0 Å². The molecule has 6 heteroatoms. The van der Waals surface area contributed by atoms with Crippen molar-refractivity contribution in [1.29, 1.82) is 0 Å². The first-order chi connectivity index (χ1) is 5.11. The Hall–Kier alpha value is -1.04. The van der Waals surface area contributed by atoms with Crippen LogP contribution < -0.4 is 0 Å². The van der Waals surface area contributed by atoms with Crippen LogP contribution in [0.1, 0.15) is 11.3 Å². The number of rotatable bonds is 2. The topological polar surface area (TPSA) is 43.1 Å². The van der Waals surface area contributed by atoms with E-state index in [9.17, 15) is 18.9 Å². The van der Waals surface area contributed by atoms with Gasteiger partial charge in [0.15, 0.2) is 0 Å². The molecule has 0 atom stereocenters. The van der Waals surface area contributed by atoms with E-state index < -0.39 is 11.3 Å². The molecule has 0 aliphatic carbocycles. The smallest absolute Gasteiger partial charge is 0.258 e. The molecule has 3 nitrogen and oxygen atoms in total. The Morgan fingerprint density at radius 3 is 2.45 bits per heavy atom. The van der Waals surface area contributed by atoms with Crippen LogP contribution in [0.25, 0.3) is 0 Å². The Morgan fingerprint density at radius 2 is 2.18 bits per heavy atom. The lowest BCUT2D eigenvalue weighted by molar-refractivity contribution is -0.380. The van der Waals surface area contributed by atoms with Crippen molar-refractivity contribution in [3.63, 3.8) is 0 Å². The molecule has 0 fully saturated rings. The second-order valence-corrected chi connectivity index (χ2v) is 2.83. The van der Waals surface area contributed by atoms with Gasteiger partial charge in [0.1, 0.15) is 0 Å². The van der Waals surface area contributed by atoms with Crippen LogP contribution in [0.4, 0.5) is 13.8 Å². The van der Waals surface area contributed by atoms with Gasteiger partial charge in [-0.25, -0.2) is 8.78 Å². The summed E-state index contributed by atoms with van der Waals surface area (Å²) < 4.78 is 23.7. The molecule has 0 saturated heterocycles. The minimum absolute atomic E-state index is 0.250. The zero-order valence-corrected chi connectivity index (χ0v) is 5.98. The Bertz CT molecular complexity index is 273. The molecule has 0 amide bonds. The summed E-state index contributed by atoms with van der Waals surface area (Å²) in [6.07, 6.45) is -2.62. The van der Waals surface area contributed by atoms with E-state index >= 15 is 0 Å². The molecular weight excluding hydrogens is 176 g/mol. The van der Waals surface area contributed by atoms with Gasteiger partial charge < -0.3 is 0 Å². The van der Waals surface area contributed by atoms with E-state index in [1.54, 1.807) is 0 Å². The van der Waals surface area contributed by atoms with Crippen molar-refractivity contribution in [3.8, 4) is 0 Å². The lowest BCUT2D eigenvalue weighted by Gasteiger charge is -1.87. The molecule has 0 radical (unpaired) electrons. The number of nitrogens with zero attached hydrogens (tertiary/aromatic N) is 1. The fourth-order valence-corrected chi connectivity index (χ4v) is 1.23. The van der Waals surface area contributed by atoms with Gasteiger partial charge in [-0.05, 0) is 6.07 Å². The fourth-order valence-electron chi connectivity index (χ4n) is 0.558. The zero-order chi connectivity index (χ0) is 8.43. The van der Waals surface area contributed by atoms with Gasteiger partial charge in [-0.1, -0.05) is 11.3 Å². The molecule has 0 aliphatic heterocycles. The second kappa shape index (κ2) is 2.91. The van der Waals surface area contributed by atoms with E-state index in [4.69, 9.17) is 0 Å². The Balaban J connectivity index is 2.90. The number of thiophene rings is 1. The highest BCUT2D eigenvalue weighted by Gasteiger charge is 2.15. The van der Waals surface area contributed by atoms with Gasteiger partial charge in [0, 0.05) is 6.07 Å². The molecule has 0 bridgehead atoms. The summed E-state index contributed by atoms with van der Waals surface area (Å²) in [6.45, 7) is 0. The number of nitro groups is 1. The lowest BCUT2D eigenvalue weighted by Crippen LogP contribution is -1.80. The van der Waals surface area contributed by atoms with Crippen LogP contribution in [0.2, 0.25) is 0 Å². The molecule has 60 valence electrons. The van der Waals surface area contributed by atoms with Crippen LogP contribution in [0.5, 0.6) is 0 Å². The van der Waals surface area contributed by atoms with E-state index in [0.717, 1.165) is 12.1 Å². The van der Waals surface area contributed by atoms with Crippen molar-refractivity contribution >= 4 is 16.3 Å². The van der Waals surface area contributed by atoms with Crippen molar-refractivity contribution < 1.29 is 13.7 Å². The van der Waals surface area contributed by atoms with E-state index in [-0.39, 0.29) is 9.88 Å². The van der Waals surface area contributed by atoms with E-state index in [1.807, 2.05) is 0 Å². The number of hydrogen-bond acceptors (Lipinski definition) is 3. The Labute approximate surface area is 64.4 Å². The molecule has 0 saturated carbocycles. The van der Waals surface area contributed by atoms with Crippen LogP contribution in [0, 0.1) is 10.1 Å². The largest absolute Gasteiger partial charge is 0.324 e. The minimum Gasteiger partial charge on any atom is -0.258 e. The molecule has 1 rings (SSSR count). The molecule has 0 unspecified atom stereocenters. The molecule has 0 N–H and O–H groups in total. The number of alkyl halides is 2. The predicted molar refractivity (Wildman–Crippen MR) is 35.9 cm³/mol. The highest BCUT2D eigenvalue weighted by molar-refractivity contribution is 7.15. The van der Waals surface area contributed by atoms with E-state index in [2.05, 4.69) is 0 Å². The third-order valence-electron chi connectivity index (χ3n) is 1.01. The molecule has 1 heterocycles. The van der Waals surface area contributed by atoms with Gasteiger partial charge in [0.2, 0.25) is 0 Å². The van der Waals surface area contributed by atoms with Crippen molar-refractivity contribution in [2.75, 3.05) is 0 Å². The van der Waals surface area contributed by atoms with Crippen LogP contribution in [0.15, 0.2) is 12.1 Å². The maximum Gasteiger partial charge on any atom is 0.324 e. The van der Waals surface area contributed by atoms with E-state index in [1.165, 1.54) is 0 Å². The first-order valence-electron chi connectivity index (χ1n) is 2.63. The lowest BCUT2D eigenvalue weighted by atomic mass is 10.5. The summed E-state index contributed by atoms with van der Waals surface area (Å²) in [4.78, 5) is 9.06. The van der Waals surface area contributed by atoms with Crippen molar-refractivity contribution in [3.05, 3.63) is 27.1 Å². The summed E-state index contributed by atoms with van der Waals surface area (Å²) >= 11 is 0.500. The third-order valence-corrected chi connectivity index (χ3v) is 2.05. The molecule has 0 aromatic carbocycles. The maximum atomic E-state index is 11.8. The summed E-state index contributed by atoms with van der Waals surface area (Å²) in [7, 11) is 0. The predicted octanol–water partition coefficient (Wildman–Crippen LogP) is 2.59. The number of halogens is 2. The van der Waals surface area contributed by atoms with Crippen LogP contribution in [0.3, 0.4) is 0 Å². The van der Waals surface area contributed by atoms with E-state index in [0.29, 0.717) is 11.3 Å². The first kappa shape index (κ1) is 8.06. The van der Waals surface area contributed by atoms with Gasteiger partial charge >= 0.3 is 5.00 Å². The normalized spacial score (nSPS) is 10.5. The quantitative estimate of drug-likeness (QED) is 0.517. The van der Waals surface area contributed by atoms with Crippen molar-refractivity contribution in [1.82, 2.24) is 0 Å². The molecule has 1 aromatic heterocycles. The van der Waals surface area contributed by atoms with Crippen LogP contribution in [-0.4, -0.2) is 4.92 Å². The number of hydrogen-bond donors (Lipinski definition) is 0. The minimum atomic E-state index is -2.62. The molecule has 0 spiro atoms. The highest BCUT2D eigenvalue weighted by Crippen LogP contribution is 2.31. The molecule has 11 heavy (non-hydrogen) atoms. The SMILES string of the molecule is O=[N+]([O-])c1ccc(C(F)F)s1. The standard InChI is InChI=1S/C5H3F2NO2S/c6-5(7)3-1-2-4(11-3)8(9)10/h1-2,5H. The van der Waals surface area contributed by atoms with Crippen LogP contribution >= 0.6 is 11.3 Å². The highest BCUT2D eigenvalue weighted by atomic mass is 32.1. The summed E-state index contributed by atoms with van der Waals surface area (Å²) in [5.74, 6) is 0. The van der Waals surface area contributed by atoms with Crippen molar-refractivity contribution in [2.45, 2.75) is 6.43 Å². The zero-order valence-electron chi connectivity index (χ0n) is 5.16. The first-order valence-corrected chi connectivity index (χ1v) is 3.45. The molecule has 1 aromatic rings. The molecular formula is C5H3F2NO2S. The van der Waals surface area contributed by atoms with Gasteiger partial charge in [0.05, 0.1) is 9.80 Å². The molecule has 0 aliphatic rings. The summed E-state index contributed by atoms with van der Waals surface area (Å²) in [5.41, 5.74) is 0. The van der Waals surface area contributed by atoms with Gasteiger partial charge in [-0.2, -0.15) is 0 Å². The maximum absolute atomic E-state index is 11.8. The third kappa shape index (κ3) is 1.70. The Morgan fingerprint density at radius 1 is 1.55 bits per heavy atom. The Kier molecular flexibility index (Phi) is 2.13. The second-order valence-electron chi connectivity index (χ2n) is 1.73. The average molecular weight is 179 g/mol. The van der Waals surface area contributed by atoms with Gasteiger partial charge in [0.25, 0.3) is 6.43 Å². The van der Waals surface area contributed by atoms with Crippen molar-refractivity contribution in [2.24, 2.45) is 0 Å². The monoisotopic (exact) mass is 179 g/mol. The van der Waals surface area contributed by atoms with Gasteiger partial charge in [-0.3, -0.25) is 10.1 Å². The average Bonchev–Trinajstić information content (AvgIpc) is 2.33. The summed E-state index contributed by atoms with van der Waals surface area (Å²) in [6, 6.07) is 2.14. The fraction of sp³-hybridized carbons (Fsp3) is 0.200.